The SMILES string of the molecule is CC(C)(C)NC(=O)Nc1ccc(Cl)cc1C#CCCO. The second kappa shape index (κ2) is 7.18. The van der Waals surface area contributed by atoms with Gasteiger partial charge in [0.2, 0.25) is 0 Å². The molecule has 0 heterocycles. The number of urea groups is 1. The van der Waals surface area contributed by atoms with E-state index in [0.717, 1.165) is 0 Å². The van der Waals surface area contributed by atoms with Crippen LogP contribution in [0.5, 0.6) is 0 Å². The Kier molecular flexibility index (Phi) is 5.87. The maximum atomic E-state index is 11.9. The molecule has 0 unspecified atom stereocenters. The van der Waals surface area contributed by atoms with E-state index in [-0.39, 0.29) is 18.2 Å². The third kappa shape index (κ3) is 5.96. The van der Waals surface area contributed by atoms with Crippen molar-refractivity contribution in [3.8, 4) is 11.8 Å². The van der Waals surface area contributed by atoms with Gasteiger partial charge in [0.1, 0.15) is 0 Å². The predicted octanol–water partition coefficient (Wildman–Crippen LogP) is 2.99. The normalized spacial score (nSPS) is 10.4. The molecule has 5 heteroatoms. The predicted molar refractivity (Wildman–Crippen MR) is 81.9 cm³/mol. The van der Waals surface area contributed by atoms with E-state index in [9.17, 15) is 4.79 Å². The lowest BCUT2D eigenvalue weighted by Gasteiger charge is -2.21. The average molecular weight is 295 g/mol. The van der Waals surface area contributed by atoms with Gasteiger partial charge in [-0.15, -0.1) is 0 Å². The van der Waals surface area contributed by atoms with E-state index >= 15 is 0 Å². The maximum absolute atomic E-state index is 11.9. The zero-order chi connectivity index (χ0) is 15.2. The van der Waals surface area contributed by atoms with E-state index in [1.165, 1.54) is 0 Å². The first kappa shape index (κ1) is 16.4. The summed E-state index contributed by atoms with van der Waals surface area (Å²) in [4.78, 5) is 11.9. The van der Waals surface area contributed by atoms with Gasteiger partial charge in [-0.3, -0.25) is 0 Å². The van der Waals surface area contributed by atoms with Crippen molar-refractivity contribution in [3.63, 3.8) is 0 Å². The largest absolute Gasteiger partial charge is 0.395 e. The molecule has 108 valence electrons. The Morgan fingerprint density at radius 1 is 1.40 bits per heavy atom. The van der Waals surface area contributed by atoms with Gasteiger partial charge in [0.25, 0.3) is 0 Å². The molecule has 0 bridgehead atoms. The van der Waals surface area contributed by atoms with Crippen molar-refractivity contribution in [1.29, 1.82) is 0 Å². The second-order valence-electron chi connectivity index (χ2n) is 5.29. The first-order valence-corrected chi connectivity index (χ1v) is 6.68. The van der Waals surface area contributed by atoms with Crippen LogP contribution in [0.3, 0.4) is 0 Å². The first-order chi connectivity index (χ1) is 9.31. The number of anilines is 1. The van der Waals surface area contributed by atoms with Crippen LogP contribution < -0.4 is 10.6 Å². The highest BCUT2D eigenvalue weighted by Gasteiger charge is 2.14. The summed E-state index contributed by atoms with van der Waals surface area (Å²) in [5, 5.41) is 14.8. The van der Waals surface area contributed by atoms with Gasteiger partial charge in [-0.1, -0.05) is 23.4 Å². The van der Waals surface area contributed by atoms with Gasteiger partial charge in [0.05, 0.1) is 12.3 Å². The minimum Gasteiger partial charge on any atom is -0.395 e. The summed E-state index contributed by atoms with van der Waals surface area (Å²) >= 11 is 5.93. The molecule has 0 aliphatic rings. The van der Waals surface area contributed by atoms with Crippen molar-refractivity contribution in [2.45, 2.75) is 32.7 Å². The number of rotatable bonds is 2. The molecule has 0 spiro atoms. The van der Waals surface area contributed by atoms with Crippen molar-refractivity contribution in [2.24, 2.45) is 0 Å². The smallest absolute Gasteiger partial charge is 0.319 e. The number of carbonyl (C=O) groups is 1. The average Bonchev–Trinajstić information content (AvgIpc) is 2.30. The van der Waals surface area contributed by atoms with E-state index in [2.05, 4.69) is 22.5 Å². The van der Waals surface area contributed by atoms with Gasteiger partial charge in [-0.2, -0.15) is 0 Å². The molecule has 0 aliphatic heterocycles. The summed E-state index contributed by atoms with van der Waals surface area (Å²) in [5.74, 6) is 5.70. The number of hydrogen-bond donors (Lipinski definition) is 3. The first-order valence-electron chi connectivity index (χ1n) is 6.30. The Bertz CT molecular complexity index is 539. The van der Waals surface area contributed by atoms with E-state index in [1.807, 2.05) is 20.8 Å². The Morgan fingerprint density at radius 2 is 2.10 bits per heavy atom. The van der Waals surface area contributed by atoms with Crippen LogP contribution in [0.1, 0.15) is 32.8 Å². The molecule has 0 aromatic heterocycles. The van der Waals surface area contributed by atoms with Crippen molar-refractivity contribution < 1.29 is 9.90 Å². The molecule has 0 aliphatic carbocycles. The van der Waals surface area contributed by atoms with E-state index in [0.29, 0.717) is 22.7 Å². The fourth-order valence-electron chi connectivity index (χ4n) is 1.44. The summed E-state index contributed by atoms with van der Waals surface area (Å²) in [6, 6.07) is 4.77. The highest BCUT2D eigenvalue weighted by molar-refractivity contribution is 6.30. The van der Waals surface area contributed by atoms with Crippen molar-refractivity contribution in [2.75, 3.05) is 11.9 Å². The fraction of sp³-hybridized carbons (Fsp3) is 0.400. The summed E-state index contributed by atoms with van der Waals surface area (Å²) in [5.41, 5.74) is 0.885. The van der Waals surface area contributed by atoms with Gasteiger partial charge in [-0.25, -0.2) is 4.79 Å². The molecule has 1 aromatic carbocycles. The second-order valence-corrected chi connectivity index (χ2v) is 5.73. The number of carbonyl (C=O) groups excluding carboxylic acids is 1. The van der Waals surface area contributed by atoms with Crippen LogP contribution in [0.25, 0.3) is 0 Å². The van der Waals surface area contributed by atoms with Crippen LogP contribution in [-0.4, -0.2) is 23.3 Å². The number of hydrogen-bond acceptors (Lipinski definition) is 2. The minimum absolute atomic E-state index is 0.000831. The minimum atomic E-state index is -0.320. The van der Waals surface area contributed by atoms with Gasteiger partial charge in [-0.05, 0) is 39.0 Å². The van der Waals surface area contributed by atoms with Crippen molar-refractivity contribution >= 4 is 23.3 Å². The lowest BCUT2D eigenvalue weighted by Crippen LogP contribution is -2.43. The zero-order valence-corrected chi connectivity index (χ0v) is 12.6. The highest BCUT2D eigenvalue weighted by Crippen LogP contribution is 2.20. The van der Waals surface area contributed by atoms with Crippen molar-refractivity contribution in [1.82, 2.24) is 5.32 Å². The Hall–Kier alpha value is -1.70. The van der Waals surface area contributed by atoms with Gasteiger partial charge < -0.3 is 15.7 Å². The zero-order valence-electron chi connectivity index (χ0n) is 11.9. The van der Waals surface area contributed by atoms with E-state index in [1.54, 1.807) is 18.2 Å². The topological polar surface area (TPSA) is 61.4 Å². The monoisotopic (exact) mass is 294 g/mol. The lowest BCUT2D eigenvalue weighted by molar-refractivity contribution is 0.244. The standard InChI is InChI=1S/C15H19ClN2O2/c1-15(2,3)18-14(20)17-13-8-7-12(16)10-11(13)6-4-5-9-19/h7-8,10,19H,5,9H2,1-3H3,(H2,17,18,20). The van der Waals surface area contributed by atoms with Crippen LogP contribution >= 0.6 is 11.6 Å². The van der Waals surface area contributed by atoms with Crippen LogP contribution in [0.15, 0.2) is 18.2 Å². The van der Waals surface area contributed by atoms with Gasteiger partial charge >= 0.3 is 6.03 Å². The number of aliphatic hydroxyl groups is 1. The Balaban J connectivity index is 2.90. The summed E-state index contributed by atoms with van der Waals surface area (Å²) in [6.45, 7) is 5.70. The molecular formula is C15H19ClN2O2. The number of nitrogens with one attached hydrogen (secondary N) is 2. The molecule has 0 saturated carbocycles. The molecular weight excluding hydrogens is 276 g/mol. The lowest BCUT2D eigenvalue weighted by atomic mass is 10.1. The molecule has 3 N–H and O–H groups in total. The molecule has 4 nitrogen and oxygen atoms in total. The van der Waals surface area contributed by atoms with E-state index in [4.69, 9.17) is 16.7 Å². The fourth-order valence-corrected chi connectivity index (χ4v) is 1.61. The van der Waals surface area contributed by atoms with Crippen LogP contribution in [0.4, 0.5) is 10.5 Å². The third-order valence-corrected chi connectivity index (χ3v) is 2.41. The van der Waals surface area contributed by atoms with Gasteiger partial charge in [0, 0.05) is 22.5 Å². The van der Waals surface area contributed by atoms with Crippen LogP contribution in [0, 0.1) is 11.8 Å². The Labute approximate surface area is 124 Å². The van der Waals surface area contributed by atoms with E-state index < -0.39 is 0 Å². The molecule has 0 radical (unpaired) electrons. The quantitative estimate of drug-likeness (QED) is 0.734. The van der Waals surface area contributed by atoms with Crippen LogP contribution in [-0.2, 0) is 0 Å². The van der Waals surface area contributed by atoms with Crippen molar-refractivity contribution in [3.05, 3.63) is 28.8 Å². The number of aliphatic hydroxyl groups excluding tert-OH is 1. The molecule has 0 fully saturated rings. The Morgan fingerprint density at radius 3 is 2.70 bits per heavy atom. The molecule has 1 aromatic rings. The number of amides is 2. The number of halogens is 1. The molecule has 1 rings (SSSR count). The summed E-state index contributed by atoms with van der Waals surface area (Å²) in [6.07, 6.45) is 0.375. The molecule has 2 amide bonds. The molecule has 20 heavy (non-hydrogen) atoms. The highest BCUT2D eigenvalue weighted by atomic mass is 35.5. The summed E-state index contributed by atoms with van der Waals surface area (Å²) in [7, 11) is 0. The molecule has 0 atom stereocenters. The summed E-state index contributed by atoms with van der Waals surface area (Å²) < 4.78 is 0. The molecule has 0 saturated heterocycles. The van der Waals surface area contributed by atoms with Gasteiger partial charge in [0.15, 0.2) is 0 Å². The maximum Gasteiger partial charge on any atom is 0.319 e. The number of benzene rings is 1. The third-order valence-electron chi connectivity index (χ3n) is 2.18. The van der Waals surface area contributed by atoms with Crippen LogP contribution in [0.2, 0.25) is 5.02 Å².